The van der Waals surface area contributed by atoms with Gasteiger partial charge in [0.15, 0.2) is 0 Å². The smallest absolute Gasteiger partial charge is 0.460 e. The predicted molar refractivity (Wildman–Crippen MR) is 346 cm³/mol. The molecule has 10 nitrogen and oxygen atoms in total. The van der Waals surface area contributed by atoms with Crippen molar-refractivity contribution in [2.24, 2.45) is 5.73 Å². The molecule has 0 bridgehead atoms. The Balaban J connectivity index is 0.000000201. The highest BCUT2D eigenvalue weighted by molar-refractivity contribution is 9.10. The Morgan fingerprint density at radius 3 is 1.18 bits per heavy atom. The molecule has 0 fully saturated rings. The zero-order valence-corrected chi connectivity index (χ0v) is 53.7. The number of pyridine rings is 3. The second-order valence-corrected chi connectivity index (χ2v) is 24.9. The number of carbonyl (C=O) groups excluding carboxylic acids is 2. The molecule has 3 aromatic heterocycles. The molecule has 0 aliphatic carbocycles. The highest BCUT2D eigenvalue weighted by atomic mass is 79.9. The summed E-state index contributed by atoms with van der Waals surface area (Å²) in [6, 6.07) is 41.7. The summed E-state index contributed by atoms with van der Waals surface area (Å²) in [5, 5.41) is 19.1. The van der Waals surface area contributed by atoms with Gasteiger partial charge in [-0.2, -0.15) is 0 Å². The fourth-order valence-corrected chi connectivity index (χ4v) is 10.3. The van der Waals surface area contributed by atoms with Crippen LogP contribution in [-0.4, -0.2) is 55.3 Å². The quantitative estimate of drug-likeness (QED) is 0.0483. The van der Waals surface area contributed by atoms with Gasteiger partial charge in [0, 0.05) is 79.3 Å². The van der Waals surface area contributed by atoms with Gasteiger partial charge >= 0.3 is 19.1 Å². The van der Waals surface area contributed by atoms with Gasteiger partial charge in [-0.3, -0.25) is 24.5 Å². The zero-order valence-electron chi connectivity index (χ0n) is 49.9. The van der Waals surface area contributed by atoms with Crippen molar-refractivity contribution in [3.05, 3.63) is 271 Å². The first kappa shape index (κ1) is 71.7. The van der Waals surface area contributed by atoms with Gasteiger partial charge in [0.2, 0.25) is 0 Å². The van der Waals surface area contributed by atoms with Crippen molar-refractivity contribution in [3.63, 3.8) is 0 Å². The van der Waals surface area contributed by atoms with Gasteiger partial charge in [0.25, 0.3) is 0 Å². The minimum Gasteiger partial charge on any atom is -0.460 e. The molecule has 0 aliphatic heterocycles. The minimum atomic E-state index is -1.41. The molecule has 0 saturated carbocycles. The van der Waals surface area contributed by atoms with E-state index in [2.05, 4.69) is 30.9 Å². The number of rotatable bonds is 16. The highest BCUT2D eigenvalue weighted by Crippen LogP contribution is 2.35. The Hall–Kier alpha value is -7.42. The molecule has 470 valence electrons. The van der Waals surface area contributed by atoms with Crippen molar-refractivity contribution in [2.75, 3.05) is 0 Å². The van der Waals surface area contributed by atoms with E-state index < -0.39 is 71.2 Å². The molecule has 4 N–H and O–H groups in total. The summed E-state index contributed by atoms with van der Waals surface area (Å²) in [6.07, 6.45) is 5.78. The van der Waals surface area contributed by atoms with Crippen LogP contribution in [-0.2, 0) is 38.3 Å². The minimum absolute atomic E-state index is 0.0208. The van der Waals surface area contributed by atoms with Crippen LogP contribution in [0.4, 0.5) is 26.3 Å². The number of halogens is 10. The van der Waals surface area contributed by atoms with Crippen LogP contribution in [0.2, 0.25) is 15.1 Å². The number of carbonyl (C=O) groups is 2. The Bertz CT molecular complexity index is 3770. The maximum atomic E-state index is 13.8. The van der Waals surface area contributed by atoms with Crippen LogP contribution in [0.15, 0.2) is 187 Å². The molecular formula is C69H65BBrCl3F6N4O6. The van der Waals surface area contributed by atoms with Crippen LogP contribution in [0.3, 0.4) is 0 Å². The van der Waals surface area contributed by atoms with Crippen molar-refractivity contribution in [3.8, 4) is 22.3 Å². The molecular weight excluding hydrogens is 1290 g/mol. The number of nitrogens with two attached hydrogens (primary N) is 1. The first-order valence-electron chi connectivity index (χ1n) is 28.1. The first-order valence-corrected chi connectivity index (χ1v) is 30.1. The predicted octanol–water partition coefficient (Wildman–Crippen LogP) is 16.9. The molecule has 90 heavy (non-hydrogen) atoms. The van der Waals surface area contributed by atoms with E-state index in [0.29, 0.717) is 54.3 Å². The van der Waals surface area contributed by atoms with Crippen LogP contribution in [0.25, 0.3) is 22.3 Å². The van der Waals surface area contributed by atoms with Crippen molar-refractivity contribution >= 4 is 75.3 Å². The van der Waals surface area contributed by atoms with Crippen LogP contribution in [0.5, 0.6) is 0 Å². The molecule has 0 radical (unpaired) electrons. The Morgan fingerprint density at radius 2 is 0.811 bits per heavy atom. The molecule has 9 aromatic rings. The van der Waals surface area contributed by atoms with Gasteiger partial charge < -0.3 is 25.3 Å². The normalized spacial score (nSPS) is 12.1. The average Bonchev–Trinajstić information content (AvgIpc) is 0.912. The molecule has 21 heteroatoms. The molecule has 3 heterocycles. The van der Waals surface area contributed by atoms with Crippen molar-refractivity contribution in [1.29, 1.82) is 0 Å². The fourth-order valence-electron chi connectivity index (χ4n) is 9.34. The van der Waals surface area contributed by atoms with Crippen molar-refractivity contribution in [1.82, 2.24) is 15.0 Å². The summed E-state index contributed by atoms with van der Waals surface area (Å²) < 4.78 is 92.9. The fraction of sp³-hybridized carbons (Fsp3) is 0.232. The molecule has 0 spiro atoms. The number of benzene rings is 6. The second-order valence-electron chi connectivity index (χ2n) is 22.7. The van der Waals surface area contributed by atoms with Gasteiger partial charge in [0.05, 0.1) is 36.0 Å². The summed E-state index contributed by atoms with van der Waals surface area (Å²) in [7, 11) is -1.41. The lowest BCUT2D eigenvalue weighted by Gasteiger charge is -2.23. The number of esters is 2. The highest BCUT2D eigenvalue weighted by Gasteiger charge is 2.27. The Kier molecular flexibility index (Phi) is 26.7. The third kappa shape index (κ3) is 24.1. The van der Waals surface area contributed by atoms with E-state index in [1.807, 2.05) is 48.5 Å². The van der Waals surface area contributed by atoms with Gasteiger partial charge in [0.1, 0.15) is 46.1 Å². The standard InChI is InChI=1S/C25H24ClF2NO2.C19H20BrF2NO2.C19H15ClF2N2.C6H6BClO2/c1-25(2,3)31-23(30)14-18(11-16-12-20(27)15-21(28)13-16)24-22(5-4-10-29-24)17-6-8-19(26)9-7-17;1-19(2,3)25-17(24)10-13(18-16(20)5-4-6-23-18)7-12-8-14(21)11-15(22)9-12;20-14-5-3-13(4-6-14)17-2-1-7-24-19(17)18(23)10-12-8-15(21)11-16(22)9-12;8-6-3-1-5(2-4-6)7(9)10/h4-10,12-13,15,18H,11,14H2,1-3H3;4-6,8-9,11,13H,7,10H2,1-3H3;1-9,11,18H,10,23H2;1-4,9-10H/t18-;13-;18-;/m110./s1. The van der Waals surface area contributed by atoms with E-state index in [1.165, 1.54) is 36.4 Å². The molecule has 0 unspecified atom stereocenters. The monoisotopic (exact) mass is 1350 g/mol. The van der Waals surface area contributed by atoms with Crippen LogP contribution in [0.1, 0.15) is 106 Å². The van der Waals surface area contributed by atoms with Crippen LogP contribution >= 0.6 is 50.7 Å². The number of hydrogen-bond acceptors (Lipinski definition) is 10. The molecule has 0 aliphatic rings. The summed E-state index contributed by atoms with van der Waals surface area (Å²) >= 11 is 20.9. The first-order chi connectivity index (χ1) is 42.5. The molecule has 0 saturated heterocycles. The summed E-state index contributed by atoms with van der Waals surface area (Å²) in [4.78, 5) is 38.1. The lowest BCUT2D eigenvalue weighted by atomic mass is 9.81. The number of hydrogen-bond donors (Lipinski definition) is 3. The number of aromatic nitrogens is 3. The van der Waals surface area contributed by atoms with Crippen molar-refractivity contribution < 1.29 is 55.5 Å². The van der Waals surface area contributed by atoms with Gasteiger partial charge in [-0.1, -0.05) is 83.3 Å². The van der Waals surface area contributed by atoms with E-state index in [-0.39, 0.29) is 44.0 Å². The largest absolute Gasteiger partial charge is 0.488 e. The summed E-state index contributed by atoms with van der Waals surface area (Å²) in [5.74, 6) is -5.44. The third-order valence-electron chi connectivity index (χ3n) is 12.9. The van der Waals surface area contributed by atoms with E-state index in [9.17, 15) is 35.9 Å². The lowest BCUT2D eigenvalue weighted by Crippen LogP contribution is -2.29. The number of nitrogens with zero attached hydrogens (tertiary/aromatic N) is 3. The van der Waals surface area contributed by atoms with Gasteiger partial charge in [-0.25, -0.2) is 26.3 Å². The topological polar surface area (TPSA) is 158 Å². The van der Waals surface area contributed by atoms with E-state index >= 15 is 0 Å². The van der Waals surface area contributed by atoms with E-state index in [0.717, 1.165) is 44.9 Å². The second kappa shape index (κ2) is 33.6. The number of ether oxygens (including phenoxy) is 2. The zero-order chi connectivity index (χ0) is 65.9. The summed E-state index contributed by atoms with van der Waals surface area (Å²) in [5.41, 5.74) is 12.3. The maximum absolute atomic E-state index is 13.8. The lowest BCUT2D eigenvalue weighted by molar-refractivity contribution is -0.156. The van der Waals surface area contributed by atoms with Gasteiger partial charge in [-0.05, 0) is 207 Å². The van der Waals surface area contributed by atoms with Crippen molar-refractivity contribution in [2.45, 2.75) is 103 Å². The van der Waals surface area contributed by atoms with Crippen LogP contribution < -0.4 is 11.2 Å². The third-order valence-corrected chi connectivity index (χ3v) is 14.3. The molecule has 3 atom stereocenters. The Morgan fingerprint density at radius 1 is 0.489 bits per heavy atom. The van der Waals surface area contributed by atoms with Gasteiger partial charge in [-0.15, -0.1) is 0 Å². The van der Waals surface area contributed by atoms with E-state index in [4.69, 9.17) is 60.1 Å². The maximum Gasteiger partial charge on any atom is 0.488 e. The Labute approximate surface area is 543 Å². The van der Waals surface area contributed by atoms with Crippen LogP contribution in [0, 0.1) is 34.9 Å². The molecule has 9 rings (SSSR count). The molecule has 0 amide bonds. The SMILES string of the molecule is CC(C)(C)OC(=O)C[C@@H](Cc1cc(F)cc(F)c1)c1ncccc1-c1ccc(Cl)cc1.CC(C)(C)OC(=O)C[C@@H](Cc1cc(F)cc(F)c1)c1ncccc1Br.N[C@@H](Cc1cc(F)cc(F)c1)c1ncccc1-c1ccc(Cl)cc1.OB(O)c1ccc(Cl)cc1. The van der Waals surface area contributed by atoms with E-state index in [1.54, 1.807) is 121 Å². The average molecular weight is 1360 g/mol. The summed E-state index contributed by atoms with van der Waals surface area (Å²) in [6.45, 7) is 10.8. The molecule has 6 aromatic carbocycles.